The van der Waals surface area contributed by atoms with E-state index in [0.717, 1.165) is 24.0 Å². The van der Waals surface area contributed by atoms with Crippen LogP contribution in [0.15, 0.2) is 24.3 Å². The van der Waals surface area contributed by atoms with Gasteiger partial charge in [0.2, 0.25) is 0 Å². The van der Waals surface area contributed by atoms with Crippen LogP contribution in [0.3, 0.4) is 0 Å². The van der Waals surface area contributed by atoms with E-state index in [1.807, 2.05) is 24.3 Å². The maximum absolute atomic E-state index is 12.3. The van der Waals surface area contributed by atoms with E-state index in [-0.39, 0.29) is 16.7 Å². The first-order chi connectivity index (χ1) is 8.86. The second-order valence-corrected chi connectivity index (χ2v) is 6.51. The molecule has 1 aromatic carbocycles. The predicted molar refractivity (Wildman–Crippen MR) is 82.0 cm³/mol. The van der Waals surface area contributed by atoms with Gasteiger partial charge in [-0.1, -0.05) is 52.3 Å². The van der Waals surface area contributed by atoms with E-state index in [1.54, 1.807) is 0 Å². The zero-order valence-corrected chi connectivity index (χ0v) is 13.1. The first-order valence-electron chi connectivity index (χ1n) is 6.88. The molecule has 0 aliphatic heterocycles. The number of benzene rings is 1. The Kier molecular flexibility index (Phi) is 5.86. The van der Waals surface area contributed by atoms with Crippen molar-refractivity contribution in [2.24, 2.45) is 0 Å². The Bertz CT molecular complexity index is 423. The first kappa shape index (κ1) is 16.0. The lowest BCUT2D eigenvalue weighted by atomic mass is 9.83. The summed E-state index contributed by atoms with van der Waals surface area (Å²) in [5, 5.41) is 2.94. The maximum atomic E-state index is 12.3. The van der Waals surface area contributed by atoms with Crippen molar-refractivity contribution in [2.75, 3.05) is 6.54 Å². The number of rotatable bonds is 5. The molecule has 3 heteroatoms. The van der Waals surface area contributed by atoms with E-state index in [2.05, 4.69) is 33.0 Å². The molecule has 0 aromatic heterocycles. The highest BCUT2D eigenvalue weighted by Gasteiger charge is 2.21. The fourth-order valence-electron chi connectivity index (χ4n) is 2.05. The van der Waals surface area contributed by atoms with Crippen LogP contribution in [-0.4, -0.2) is 17.8 Å². The summed E-state index contributed by atoms with van der Waals surface area (Å²) in [4.78, 5) is 12.3. The van der Waals surface area contributed by atoms with E-state index < -0.39 is 0 Å². The lowest BCUT2D eigenvalue weighted by Crippen LogP contribution is -2.31. The van der Waals surface area contributed by atoms with Crippen LogP contribution < -0.4 is 5.32 Å². The van der Waals surface area contributed by atoms with E-state index >= 15 is 0 Å². The summed E-state index contributed by atoms with van der Waals surface area (Å²) < 4.78 is 0. The van der Waals surface area contributed by atoms with Gasteiger partial charge < -0.3 is 5.32 Å². The van der Waals surface area contributed by atoms with Crippen molar-refractivity contribution >= 4 is 17.5 Å². The van der Waals surface area contributed by atoms with Crippen LogP contribution in [0.2, 0.25) is 0 Å². The minimum atomic E-state index is -0.0439. The fourth-order valence-corrected chi connectivity index (χ4v) is 2.34. The lowest BCUT2D eigenvalue weighted by molar-refractivity contribution is 0.0951. The van der Waals surface area contributed by atoms with Crippen LogP contribution >= 0.6 is 11.6 Å². The van der Waals surface area contributed by atoms with Gasteiger partial charge in [-0.25, -0.2) is 0 Å². The normalized spacial score (nSPS) is 13.1. The number of amides is 1. The number of hydrogen-bond donors (Lipinski definition) is 1. The van der Waals surface area contributed by atoms with Crippen molar-refractivity contribution in [2.45, 2.75) is 51.3 Å². The minimum Gasteiger partial charge on any atom is -0.351 e. The molecule has 0 aliphatic rings. The van der Waals surface area contributed by atoms with Crippen molar-refractivity contribution < 1.29 is 4.79 Å². The summed E-state index contributed by atoms with van der Waals surface area (Å²) in [6.07, 6.45) is 1.95. The largest absolute Gasteiger partial charge is 0.351 e. The van der Waals surface area contributed by atoms with Crippen LogP contribution in [0.5, 0.6) is 0 Å². The van der Waals surface area contributed by atoms with E-state index in [0.29, 0.717) is 6.54 Å². The van der Waals surface area contributed by atoms with Crippen molar-refractivity contribution in [3.8, 4) is 0 Å². The zero-order valence-electron chi connectivity index (χ0n) is 12.3. The van der Waals surface area contributed by atoms with Gasteiger partial charge in [0, 0.05) is 12.1 Å². The number of hydrogen-bond acceptors (Lipinski definition) is 1. The minimum absolute atomic E-state index is 0.00995. The van der Waals surface area contributed by atoms with Crippen molar-refractivity contribution in [1.82, 2.24) is 5.32 Å². The molecule has 0 spiro atoms. The maximum Gasteiger partial charge on any atom is 0.251 e. The van der Waals surface area contributed by atoms with Gasteiger partial charge >= 0.3 is 0 Å². The smallest absolute Gasteiger partial charge is 0.251 e. The summed E-state index contributed by atoms with van der Waals surface area (Å²) in [5.74, 6) is -0.0349. The average Bonchev–Trinajstić information content (AvgIpc) is 2.35. The number of carbonyl (C=O) groups is 1. The molecule has 1 amide bonds. The molecule has 0 radical (unpaired) electrons. The quantitative estimate of drug-likeness (QED) is 0.808. The number of alkyl halides is 1. The molecule has 0 heterocycles. The van der Waals surface area contributed by atoms with Gasteiger partial charge in [-0.15, -0.1) is 11.6 Å². The van der Waals surface area contributed by atoms with Gasteiger partial charge in [0.25, 0.3) is 5.91 Å². The standard InChI is InChI=1S/C16H24ClNO/c1-5-8-12(17)11-18-15(19)13-9-6-7-10-14(13)16(2,3)4/h6-7,9-10,12H,5,8,11H2,1-4H3,(H,18,19). The highest BCUT2D eigenvalue weighted by atomic mass is 35.5. The molecule has 1 aromatic rings. The predicted octanol–water partition coefficient (Wildman–Crippen LogP) is 4.12. The van der Waals surface area contributed by atoms with Crippen LogP contribution in [0.4, 0.5) is 0 Å². The molecule has 0 fully saturated rings. The Morgan fingerprint density at radius 2 is 1.95 bits per heavy atom. The second-order valence-electron chi connectivity index (χ2n) is 5.89. The van der Waals surface area contributed by atoms with Crippen LogP contribution in [0.1, 0.15) is 56.5 Å². The Labute approximate surface area is 121 Å². The summed E-state index contributed by atoms with van der Waals surface area (Å²) in [6.45, 7) is 8.94. The lowest BCUT2D eigenvalue weighted by Gasteiger charge is -2.22. The Morgan fingerprint density at radius 1 is 1.32 bits per heavy atom. The molecule has 106 valence electrons. The SMILES string of the molecule is CCCC(Cl)CNC(=O)c1ccccc1C(C)(C)C. The molecule has 19 heavy (non-hydrogen) atoms. The molecule has 1 atom stereocenters. The highest BCUT2D eigenvalue weighted by Crippen LogP contribution is 2.25. The van der Waals surface area contributed by atoms with Crippen molar-refractivity contribution in [1.29, 1.82) is 0 Å². The molecule has 1 rings (SSSR count). The monoisotopic (exact) mass is 281 g/mol. The summed E-state index contributed by atoms with van der Waals surface area (Å²) in [5.41, 5.74) is 1.77. The molecule has 1 N–H and O–H groups in total. The number of carbonyl (C=O) groups excluding carboxylic acids is 1. The zero-order chi connectivity index (χ0) is 14.5. The van der Waals surface area contributed by atoms with Gasteiger partial charge in [-0.05, 0) is 23.5 Å². The van der Waals surface area contributed by atoms with Crippen molar-refractivity contribution in [3.05, 3.63) is 35.4 Å². The van der Waals surface area contributed by atoms with Gasteiger partial charge in [-0.2, -0.15) is 0 Å². The van der Waals surface area contributed by atoms with Crippen LogP contribution in [0.25, 0.3) is 0 Å². The van der Waals surface area contributed by atoms with E-state index in [4.69, 9.17) is 11.6 Å². The van der Waals surface area contributed by atoms with E-state index in [1.165, 1.54) is 0 Å². The second kappa shape index (κ2) is 6.95. The topological polar surface area (TPSA) is 29.1 Å². The molecule has 0 aliphatic carbocycles. The summed E-state index contributed by atoms with van der Waals surface area (Å²) in [7, 11) is 0. The van der Waals surface area contributed by atoms with Crippen molar-refractivity contribution in [3.63, 3.8) is 0 Å². The number of nitrogens with one attached hydrogen (secondary N) is 1. The van der Waals surface area contributed by atoms with Gasteiger partial charge in [-0.3, -0.25) is 4.79 Å². The molecule has 1 unspecified atom stereocenters. The highest BCUT2D eigenvalue weighted by molar-refractivity contribution is 6.20. The molecule has 0 saturated carbocycles. The molecule has 0 saturated heterocycles. The third kappa shape index (κ3) is 4.87. The van der Waals surface area contributed by atoms with E-state index in [9.17, 15) is 4.79 Å². The Hall–Kier alpha value is -1.02. The van der Waals surface area contributed by atoms with Gasteiger partial charge in [0.05, 0.1) is 5.38 Å². The average molecular weight is 282 g/mol. The third-order valence-electron chi connectivity index (χ3n) is 3.07. The Balaban J connectivity index is 2.78. The molecular weight excluding hydrogens is 258 g/mol. The number of halogens is 1. The van der Waals surface area contributed by atoms with Gasteiger partial charge in [0.1, 0.15) is 0 Å². The fraction of sp³-hybridized carbons (Fsp3) is 0.562. The molecule has 0 bridgehead atoms. The van der Waals surface area contributed by atoms with Gasteiger partial charge in [0.15, 0.2) is 0 Å². The summed E-state index contributed by atoms with van der Waals surface area (Å²) in [6, 6.07) is 7.76. The van der Waals surface area contributed by atoms with Crippen LogP contribution in [-0.2, 0) is 5.41 Å². The third-order valence-corrected chi connectivity index (χ3v) is 3.44. The molecular formula is C16H24ClNO. The first-order valence-corrected chi connectivity index (χ1v) is 7.31. The molecule has 2 nitrogen and oxygen atoms in total. The summed E-state index contributed by atoms with van der Waals surface area (Å²) >= 11 is 6.13. The van der Waals surface area contributed by atoms with Crippen LogP contribution in [0, 0.1) is 0 Å². The Morgan fingerprint density at radius 3 is 2.53 bits per heavy atom.